The molecule has 0 aromatic heterocycles. The summed E-state index contributed by atoms with van der Waals surface area (Å²) in [5, 5.41) is 65.7. The lowest BCUT2D eigenvalue weighted by Gasteiger charge is -2.26. The lowest BCUT2D eigenvalue weighted by Crippen LogP contribution is -2.61. The molecule has 5 amide bonds. The maximum Gasteiger partial charge on any atom is 0.326 e. The summed E-state index contributed by atoms with van der Waals surface area (Å²) in [4.78, 5) is 95.9. The van der Waals surface area contributed by atoms with Crippen LogP contribution in [0, 0.1) is 5.92 Å². The number of nitrogens with two attached hydrogens (primary N) is 1. The van der Waals surface area contributed by atoms with E-state index in [-0.39, 0.29) is 5.92 Å². The van der Waals surface area contributed by atoms with Crippen molar-refractivity contribution in [3.63, 3.8) is 0 Å². The molecule has 0 aliphatic carbocycles. The third-order valence-electron chi connectivity index (χ3n) is 6.28. The number of hydrogen-bond acceptors (Lipinski definition) is 12. The summed E-state index contributed by atoms with van der Waals surface area (Å²) in [5.74, 6) is -10.6. The summed E-state index contributed by atoms with van der Waals surface area (Å²) >= 11 is 0. The Kier molecular flexibility index (Phi) is 17.8. The van der Waals surface area contributed by atoms with E-state index >= 15 is 0 Å². The van der Waals surface area contributed by atoms with Gasteiger partial charge in [-0.05, 0) is 12.3 Å². The molecule has 0 radical (unpaired) electrons. The van der Waals surface area contributed by atoms with Crippen molar-refractivity contribution in [2.24, 2.45) is 11.7 Å². The van der Waals surface area contributed by atoms with Crippen LogP contribution in [0.15, 0.2) is 0 Å². The SMILES string of the molecule is CC[C@H](C)[C@H](N)C(=O)N[C@@H](CCC(=O)O)C(=O)N[C@@H](CO)C(=O)N[C@@H](CO)C(=O)N[C@@H](CO)C(=O)N[C@@H](CC(=O)O)C(=O)O. The van der Waals surface area contributed by atoms with Crippen molar-refractivity contribution < 1.29 is 69.0 Å². The van der Waals surface area contributed by atoms with Crippen LogP contribution < -0.4 is 32.3 Å². The van der Waals surface area contributed by atoms with E-state index in [2.05, 4.69) is 10.6 Å². The zero-order valence-electron chi connectivity index (χ0n) is 24.0. The summed E-state index contributed by atoms with van der Waals surface area (Å²) in [6.07, 6.45) is -1.49. The van der Waals surface area contributed by atoms with E-state index in [1.54, 1.807) is 13.8 Å². The van der Waals surface area contributed by atoms with Crippen molar-refractivity contribution in [2.75, 3.05) is 19.8 Å². The molecule has 20 heteroatoms. The van der Waals surface area contributed by atoms with E-state index in [1.807, 2.05) is 16.0 Å². The number of aliphatic hydroxyl groups excluding tert-OH is 3. The zero-order valence-corrected chi connectivity index (χ0v) is 24.0. The molecule has 44 heavy (non-hydrogen) atoms. The predicted octanol–water partition coefficient (Wildman–Crippen LogP) is -5.82. The predicted molar refractivity (Wildman–Crippen MR) is 145 cm³/mol. The van der Waals surface area contributed by atoms with Crippen LogP contribution in [0.25, 0.3) is 0 Å². The van der Waals surface area contributed by atoms with Gasteiger partial charge in [0, 0.05) is 6.42 Å². The zero-order chi connectivity index (χ0) is 34.1. The Morgan fingerprint density at radius 1 is 0.591 bits per heavy atom. The second-order valence-electron chi connectivity index (χ2n) is 9.63. The van der Waals surface area contributed by atoms with E-state index in [4.69, 9.17) is 21.1 Å². The molecule has 0 heterocycles. The molecule has 13 N–H and O–H groups in total. The first-order valence-corrected chi connectivity index (χ1v) is 13.3. The first-order valence-electron chi connectivity index (χ1n) is 13.3. The van der Waals surface area contributed by atoms with Crippen molar-refractivity contribution in [3.8, 4) is 0 Å². The minimum absolute atomic E-state index is 0.296. The lowest BCUT2D eigenvalue weighted by atomic mass is 9.98. The highest BCUT2D eigenvalue weighted by Gasteiger charge is 2.33. The topological polar surface area (TPSA) is 344 Å². The van der Waals surface area contributed by atoms with E-state index in [0.717, 1.165) is 0 Å². The van der Waals surface area contributed by atoms with Crippen LogP contribution in [-0.2, 0) is 38.4 Å². The maximum absolute atomic E-state index is 12.8. The Labute approximate surface area is 250 Å². The fourth-order valence-corrected chi connectivity index (χ4v) is 3.36. The number of aliphatic hydroxyl groups is 3. The maximum atomic E-state index is 12.8. The van der Waals surface area contributed by atoms with Gasteiger partial charge in [-0.3, -0.25) is 33.6 Å². The van der Waals surface area contributed by atoms with E-state index in [0.29, 0.717) is 6.42 Å². The molecule has 250 valence electrons. The molecule has 0 saturated carbocycles. The van der Waals surface area contributed by atoms with Crippen LogP contribution in [0.4, 0.5) is 0 Å². The van der Waals surface area contributed by atoms with Gasteiger partial charge in [0.05, 0.1) is 32.3 Å². The number of nitrogens with one attached hydrogen (secondary N) is 5. The minimum Gasteiger partial charge on any atom is -0.481 e. The molecule has 0 aliphatic rings. The van der Waals surface area contributed by atoms with Crippen molar-refractivity contribution in [1.82, 2.24) is 26.6 Å². The number of carboxylic acids is 3. The van der Waals surface area contributed by atoms with Gasteiger partial charge in [-0.25, -0.2) is 4.79 Å². The molecule has 0 spiro atoms. The average molecular weight is 637 g/mol. The number of rotatable bonds is 21. The molecule has 7 atom stereocenters. The Bertz CT molecular complexity index is 1060. The van der Waals surface area contributed by atoms with Gasteiger partial charge in [0.15, 0.2) is 0 Å². The molecule has 0 aromatic carbocycles. The van der Waals surface area contributed by atoms with Crippen LogP contribution in [0.1, 0.15) is 39.5 Å². The molecular weight excluding hydrogens is 596 g/mol. The van der Waals surface area contributed by atoms with Crippen LogP contribution in [0.3, 0.4) is 0 Å². The van der Waals surface area contributed by atoms with Gasteiger partial charge in [-0.2, -0.15) is 0 Å². The number of carbonyl (C=O) groups excluding carboxylic acids is 5. The molecule has 0 aliphatic heterocycles. The highest BCUT2D eigenvalue weighted by molar-refractivity contribution is 5.96. The van der Waals surface area contributed by atoms with Crippen LogP contribution in [0.2, 0.25) is 0 Å². The number of aliphatic carboxylic acids is 3. The molecule has 0 aromatic rings. The lowest BCUT2D eigenvalue weighted by molar-refractivity contribution is -0.147. The van der Waals surface area contributed by atoms with Gasteiger partial charge in [-0.15, -0.1) is 0 Å². The molecule has 0 unspecified atom stereocenters. The third kappa shape index (κ3) is 13.7. The normalized spacial score (nSPS) is 15.6. The standard InChI is InChI=1S/C24H40N6O14/c1-3-10(2)18(25)23(42)26-11(4-5-16(34)35)19(38)28-14(8-32)21(40)30-15(9-33)22(41)29-13(7-31)20(39)27-12(24(43)44)6-17(36)37/h10-15,18,31-33H,3-9,25H2,1-2H3,(H,26,42)(H,27,39)(H,28,38)(H,29,41)(H,30,40)(H,34,35)(H,36,37)(H,43,44)/t10-,11-,12-,13-,14-,15-,18-/m0/s1. The number of carbonyl (C=O) groups is 8. The smallest absolute Gasteiger partial charge is 0.326 e. The van der Waals surface area contributed by atoms with Crippen molar-refractivity contribution in [3.05, 3.63) is 0 Å². The van der Waals surface area contributed by atoms with Gasteiger partial charge in [0.25, 0.3) is 0 Å². The van der Waals surface area contributed by atoms with Crippen molar-refractivity contribution >= 4 is 47.4 Å². The number of hydrogen-bond donors (Lipinski definition) is 12. The third-order valence-corrected chi connectivity index (χ3v) is 6.28. The van der Waals surface area contributed by atoms with Crippen molar-refractivity contribution in [1.29, 1.82) is 0 Å². The second kappa shape index (κ2) is 19.7. The van der Waals surface area contributed by atoms with Gasteiger partial charge >= 0.3 is 17.9 Å². The fraction of sp³-hybridized carbons (Fsp3) is 0.667. The summed E-state index contributed by atoms with van der Waals surface area (Å²) in [6, 6.07) is -9.94. The fourth-order valence-electron chi connectivity index (χ4n) is 3.36. The van der Waals surface area contributed by atoms with Crippen molar-refractivity contribution in [2.45, 2.75) is 75.8 Å². The number of amides is 5. The molecule has 0 bridgehead atoms. The quantitative estimate of drug-likeness (QED) is 0.0558. The largest absolute Gasteiger partial charge is 0.481 e. The highest BCUT2D eigenvalue weighted by Crippen LogP contribution is 2.07. The van der Waals surface area contributed by atoms with Gasteiger partial charge < -0.3 is 63.0 Å². The van der Waals surface area contributed by atoms with Crippen LogP contribution in [-0.4, -0.2) is 134 Å². The Morgan fingerprint density at radius 3 is 1.27 bits per heavy atom. The molecule has 0 fully saturated rings. The molecule has 0 rings (SSSR count). The van der Waals surface area contributed by atoms with Gasteiger partial charge in [0.2, 0.25) is 29.5 Å². The average Bonchev–Trinajstić information content (AvgIpc) is 2.96. The summed E-state index contributed by atoms with van der Waals surface area (Å²) in [6.45, 7) is 0.170. The second-order valence-corrected chi connectivity index (χ2v) is 9.63. The van der Waals surface area contributed by atoms with E-state index in [1.165, 1.54) is 0 Å². The minimum atomic E-state index is -1.91. The summed E-state index contributed by atoms with van der Waals surface area (Å²) in [5.41, 5.74) is 5.85. The van der Waals surface area contributed by atoms with Gasteiger partial charge in [0.1, 0.15) is 30.2 Å². The Balaban J connectivity index is 5.55. The molecule has 20 nitrogen and oxygen atoms in total. The number of carboxylic acid groups (broad SMARTS) is 3. The highest BCUT2D eigenvalue weighted by atomic mass is 16.4. The molecular formula is C24H40N6O14. The van der Waals surface area contributed by atoms with Crippen LogP contribution in [0.5, 0.6) is 0 Å². The Hall–Kier alpha value is -4.40. The van der Waals surface area contributed by atoms with Gasteiger partial charge in [-0.1, -0.05) is 20.3 Å². The first kappa shape index (κ1) is 39.6. The summed E-state index contributed by atoms with van der Waals surface area (Å²) < 4.78 is 0. The monoisotopic (exact) mass is 636 g/mol. The van der Waals surface area contributed by atoms with E-state index < -0.39 is 123 Å². The van der Waals surface area contributed by atoms with Crippen LogP contribution >= 0.6 is 0 Å². The van der Waals surface area contributed by atoms with E-state index in [9.17, 15) is 53.7 Å². The molecule has 0 saturated heterocycles. The first-order chi connectivity index (χ1) is 20.5. The Morgan fingerprint density at radius 2 is 0.955 bits per heavy atom. The summed E-state index contributed by atoms with van der Waals surface area (Å²) in [7, 11) is 0.